The van der Waals surface area contributed by atoms with Gasteiger partial charge >= 0.3 is 37.4 Å². The van der Waals surface area contributed by atoms with E-state index in [0.717, 1.165) is 87.6 Å². The van der Waals surface area contributed by atoms with E-state index >= 15 is 4.57 Å². The third-order valence-corrected chi connectivity index (χ3v) is 25.3. The van der Waals surface area contributed by atoms with Gasteiger partial charge in [-0.15, -0.1) is 0 Å². The van der Waals surface area contributed by atoms with E-state index in [9.17, 15) is 0 Å². The van der Waals surface area contributed by atoms with E-state index in [1.165, 1.54) is 5.82 Å². The Labute approximate surface area is 506 Å². The highest BCUT2D eigenvalue weighted by molar-refractivity contribution is 7.59. The quantitative estimate of drug-likeness (QED) is 0.122. The molecule has 0 aliphatic carbocycles. The maximum atomic E-state index is 17.7. The van der Waals surface area contributed by atoms with Crippen molar-refractivity contribution in [2.24, 2.45) is 59.9 Å². The van der Waals surface area contributed by atoms with Crippen LogP contribution in [0.4, 0.5) is 23.3 Å². The van der Waals surface area contributed by atoms with Crippen LogP contribution in [0.2, 0.25) is 0 Å². The molecule has 22 heteroatoms. The highest BCUT2D eigenvalue weighted by Gasteiger charge is 2.52. The summed E-state index contributed by atoms with van der Waals surface area (Å²) in [5.41, 5.74) is 8.18. The second kappa shape index (κ2) is 17.8. The molecule has 8 aromatic carbocycles. The van der Waals surface area contributed by atoms with Crippen LogP contribution in [0.1, 0.15) is 44.5 Å². The van der Waals surface area contributed by atoms with Crippen molar-refractivity contribution in [2.45, 2.75) is 0 Å². The van der Waals surface area contributed by atoms with Crippen molar-refractivity contribution in [3.63, 3.8) is 0 Å². The van der Waals surface area contributed by atoms with E-state index in [2.05, 4.69) is 6.58 Å². The Morgan fingerprint density at radius 2 is 0.489 bits per heavy atom. The first-order valence-corrected chi connectivity index (χ1v) is 33.1. The Hall–Kier alpha value is -10.6. The molecule has 0 saturated heterocycles. The summed E-state index contributed by atoms with van der Waals surface area (Å²) in [6, 6.07) is 63.6. The van der Waals surface area contributed by atoms with E-state index in [0.29, 0.717) is 91.9 Å². The average molecular weight is 1190 g/mol. The lowest BCUT2D eigenvalue weighted by Gasteiger charge is -2.27. The number of hydrogen-bond donors (Lipinski definition) is 0. The van der Waals surface area contributed by atoms with Crippen molar-refractivity contribution >= 4 is 150 Å². The van der Waals surface area contributed by atoms with Gasteiger partial charge in [-0.05, 0) is 0 Å². The lowest BCUT2D eigenvalue weighted by Crippen LogP contribution is -2.50. The third kappa shape index (κ3) is 6.66. The minimum Gasteiger partial charge on any atom is -0.394 e. The topological polar surface area (TPSA) is 204 Å². The van der Waals surface area contributed by atoms with Gasteiger partial charge in [0.2, 0.25) is 0 Å². The first-order chi connectivity index (χ1) is 43.4. The maximum Gasteiger partial charge on any atom is 0.816 e. The van der Waals surface area contributed by atoms with Crippen molar-refractivity contribution in [3.05, 3.63) is 273 Å². The van der Waals surface area contributed by atoms with Gasteiger partial charge in [0.1, 0.15) is 45.2 Å². The van der Waals surface area contributed by atoms with Gasteiger partial charge in [-0.25, -0.2) is 59.9 Å². The summed E-state index contributed by atoms with van der Waals surface area (Å²) in [7, 11) is -4.82. The molecule has 8 aliphatic rings. The Bertz CT molecular complexity index is 5310. The van der Waals surface area contributed by atoms with Gasteiger partial charge in [0, 0.05) is 93.4 Å². The minimum absolute atomic E-state index is 0.439. The lowest BCUT2D eigenvalue weighted by molar-refractivity contribution is 0.387. The third-order valence-electron chi connectivity index (χ3n) is 17.2. The van der Waals surface area contributed by atoms with E-state index in [-0.39, 0.29) is 0 Å². The fraction of sp³-hybridized carbons (Fsp3) is 0. The SMILES string of the molecule is C=CP(=O)([O][Al]1[n]2c3c4ccccc4c2N=C2N=C(N=c4c5ccccc5c([n]41)=NC1=NC(=N3)c3ccccc31)c1ccccc12)[O][Al]1[n]2c3c4ccccc4c2N=C2N=C(N=c4c5ccccc5c([n]41)=NC1=NC(=N3)c3ccccc31)c1ccccc12. The number of rotatable bonds is 5. The van der Waals surface area contributed by atoms with Crippen LogP contribution in [0, 0.1) is 0 Å². The molecule has 12 aromatic rings. The van der Waals surface area contributed by atoms with Crippen LogP contribution in [-0.4, -0.2) is 90.7 Å². The Kier molecular flexibility index (Phi) is 9.83. The molecule has 20 rings (SSSR count). The number of amidine groups is 8. The van der Waals surface area contributed by atoms with Crippen molar-refractivity contribution in [3.8, 4) is 0 Å². The van der Waals surface area contributed by atoms with Gasteiger partial charge in [0.25, 0.3) is 0 Å². The summed E-state index contributed by atoms with van der Waals surface area (Å²) < 4.78 is 41.3. The zero-order valence-electron chi connectivity index (χ0n) is 45.7. The van der Waals surface area contributed by atoms with Crippen LogP contribution in [0.15, 0.2) is 266 Å². The molecule has 408 valence electrons. The molecule has 12 heterocycles. The van der Waals surface area contributed by atoms with E-state index in [4.69, 9.17) is 67.1 Å². The van der Waals surface area contributed by atoms with Crippen LogP contribution < -0.4 is 22.0 Å². The van der Waals surface area contributed by atoms with Crippen LogP contribution in [0.3, 0.4) is 0 Å². The first kappa shape index (κ1) is 48.6. The largest absolute Gasteiger partial charge is 0.816 e. The van der Waals surface area contributed by atoms with Crippen LogP contribution in [0.5, 0.6) is 0 Å². The Morgan fingerprint density at radius 1 is 0.284 bits per heavy atom. The van der Waals surface area contributed by atoms with Gasteiger partial charge in [0.15, 0.2) is 46.7 Å². The predicted octanol–water partition coefficient (Wildman–Crippen LogP) is 10.2. The number of benzene rings is 8. The molecular formula is C66H35Al2N16O3P. The minimum atomic E-state index is -4.82. The molecule has 4 aromatic heterocycles. The number of hydrogen-bond acceptors (Lipinski definition) is 15. The van der Waals surface area contributed by atoms with Crippen molar-refractivity contribution in [1.82, 2.24) is 14.2 Å². The zero-order valence-corrected chi connectivity index (χ0v) is 48.9. The highest BCUT2D eigenvalue weighted by atomic mass is 31.2. The normalized spacial score (nSPS) is 16.4. The predicted molar refractivity (Wildman–Crippen MR) is 342 cm³/mol. The van der Waals surface area contributed by atoms with Crippen LogP contribution in [0.25, 0.3) is 43.1 Å². The average Bonchev–Trinajstić information content (AvgIpc) is 1.60. The molecule has 12 bridgehead atoms. The standard InChI is InChI=1S/2C32H16N8.C2H5O3P.2Al/c2*1-2-10-18-17(9-1)25-33-26(18)38-28-21-13-5-6-14-22(21)30(35-28)40-32-24-16-8-7-15-23(24)31(36-32)39-29-20-12-4-3-11-19(20)27(34-29)37-25;1-2-6(3,4)5;;/h2*1-16H;2H,1H2,(H2,3,4,5);;/q2*-2;;2*+3/p-2. The molecular weight excluding hydrogens is 1150 g/mol. The molecule has 88 heavy (non-hydrogen) atoms. The van der Waals surface area contributed by atoms with Gasteiger partial charge in [-0.1, -0.05) is 201 Å². The molecule has 0 saturated carbocycles. The summed E-state index contributed by atoms with van der Waals surface area (Å²) in [4.78, 5) is 65.3. The Morgan fingerprint density at radius 3 is 0.716 bits per heavy atom. The van der Waals surface area contributed by atoms with Gasteiger partial charge in [0.05, 0.1) is 0 Å². The van der Waals surface area contributed by atoms with E-state index in [1.807, 2.05) is 208 Å². The number of aromatic nitrogens is 4. The zero-order chi connectivity index (χ0) is 57.7. The summed E-state index contributed by atoms with van der Waals surface area (Å²) >= 11 is -7.86. The smallest absolute Gasteiger partial charge is 0.394 e. The van der Waals surface area contributed by atoms with Crippen molar-refractivity contribution in [1.29, 1.82) is 0 Å². The molecule has 0 amide bonds. The Balaban J connectivity index is 0.921. The fourth-order valence-electron chi connectivity index (χ4n) is 13.3. The van der Waals surface area contributed by atoms with Crippen LogP contribution >= 0.6 is 7.60 Å². The highest BCUT2D eigenvalue weighted by Crippen LogP contribution is 2.54. The molecule has 0 spiro atoms. The number of aliphatic imine (C=N–C) groups is 8. The second-order valence-electron chi connectivity index (χ2n) is 21.9. The monoisotopic (exact) mass is 1180 g/mol. The second-order valence-corrected chi connectivity index (χ2v) is 28.5. The number of nitrogens with zero attached hydrogens (tertiary/aromatic N) is 16. The molecule has 8 aliphatic heterocycles. The number of fused-ring (bicyclic) bond motifs is 28. The fourth-order valence-corrected chi connectivity index (χ4v) is 22.0. The van der Waals surface area contributed by atoms with E-state index < -0.39 is 37.4 Å². The molecule has 0 unspecified atom stereocenters. The molecule has 0 fully saturated rings. The molecule has 0 N–H and O–H groups in total. The summed E-state index contributed by atoms with van der Waals surface area (Å²) in [5.74, 6) is 6.65. The summed E-state index contributed by atoms with van der Waals surface area (Å²) in [6.07, 6.45) is 0. The summed E-state index contributed by atoms with van der Waals surface area (Å²) in [5, 5.41) is 5.94. The lowest BCUT2D eigenvalue weighted by atomic mass is 10.1. The molecule has 0 atom stereocenters. The van der Waals surface area contributed by atoms with Crippen molar-refractivity contribution < 1.29 is 11.7 Å². The van der Waals surface area contributed by atoms with Gasteiger partial charge in [-0.3, -0.25) is 4.57 Å². The molecule has 19 nitrogen and oxygen atoms in total. The van der Waals surface area contributed by atoms with E-state index in [1.54, 1.807) is 0 Å². The summed E-state index contributed by atoms with van der Waals surface area (Å²) in [6.45, 7) is 4.39. The maximum absolute atomic E-state index is 17.7. The van der Waals surface area contributed by atoms with Crippen LogP contribution in [-0.2, 0) is 11.7 Å². The molecule has 0 radical (unpaired) electrons. The van der Waals surface area contributed by atoms with Gasteiger partial charge in [-0.2, -0.15) is 0 Å². The van der Waals surface area contributed by atoms with Crippen molar-refractivity contribution in [2.75, 3.05) is 0 Å². The van der Waals surface area contributed by atoms with Gasteiger partial charge < -0.3 is 21.4 Å². The first-order valence-electron chi connectivity index (χ1n) is 28.5.